The van der Waals surface area contributed by atoms with Gasteiger partial charge in [0.2, 0.25) is 5.95 Å². The van der Waals surface area contributed by atoms with E-state index in [1.807, 2.05) is 37.3 Å². The number of aromatic nitrogens is 2. The van der Waals surface area contributed by atoms with Crippen LogP contribution < -0.4 is 10.6 Å². The van der Waals surface area contributed by atoms with Crippen molar-refractivity contribution in [2.45, 2.75) is 13.8 Å². The summed E-state index contributed by atoms with van der Waals surface area (Å²) in [6, 6.07) is 15.0. The number of aryl methyl sites for hydroxylation is 1. The normalized spacial score (nSPS) is 10.4. The average Bonchev–Trinajstić information content (AvgIpc) is 2.59. The van der Waals surface area contributed by atoms with E-state index < -0.39 is 0 Å². The highest BCUT2D eigenvalue weighted by Crippen LogP contribution is 2.23. The monoisotopic (exact) mass is 396 g/mol. The number of hydrogen-bond donors (Lipinski definition) is 2. The number of carbonyl (C=O) groups excluding carboxylic acids is 1. The third-order valence-corrected chi connectivity index (χ3v) is 4.50. The van der Waals surface area contributed by atoms with Gasteiger partial charge in [-0.3, -0.25) is 4.79 Å². The molecular formula is C19H17BrN4O. The molecule has 1 aromatic heterocycles. The molecule has 0 saturated carbocycles. The summed E-state index contributed by atoms with van der Waals surface area (Å²) in [5.41, 5.74) is 3.50. The number of carbonyl (C=O) groups is 1. The van der Waals surface area contributed by atoms with Crippen LogP contribution in [-0.4, -0.2) is 15.8 Å². The van der Waals surface area contributed by atoms with E-state index in [4.69, 9.17) is 0 Å². The second kappa shape index (κ2) is 7.44. The Morgan fingerprint density at radius 2 is 1.84 bits per heavy atom. The quantitative estimate of drug-likeness (QED) is 0.577. The van der Waals surface area contributed by atoms with Crippen LogP contribution in [0.4, 0.5) is 23.1 Å². The number of anilines is 4. The largest absolute Gasteiger partial charge is 0.340 e. The molecule has 6 heteroatoms. The molecule has 126 valence electrons. The number of benzene rings is 2. The van der Waals surface area contributed by atoms with Gasteiger partial charge in [-0.1, -0.05) is 28.1 Å². The fourth-order valence-corrected chi connectivity index (χ4v) is 2.55. The van der Waals surface area contributed by atoms with E-state index in [1.54, 1.807) is 31.3 Å². The lowest BCUT2D eigenvalue weighted by molar-refractivity contribution is 0.101. The summed E-state index contributed by atoms with van der Waals surface area (Å²) < 4.78 is 1.06. The maximum atomic E-state index is 11.5. The van der Waals surface area contributed by atoms with Crippen molar-refractivity contribution in [1.29, 1.82) is 0 Å². The van der Waals surface area contributed by atoms with Crippen LogP contribution in [0.25, 0.3) is 0 Å². The molecule has 3 rings (SSSR count). The summed E-state index contributed by atoms with van der Waals surface area (Å²) in [7, 11) is 0. The Hall–Kier alpha value is -2.73. The maximum Gasteiger partial charge on any atom is 0.229 e. The van der Waals surface area contributed by atoms with Crippen molar-refractivity contribution in [2.75, 3.05) is 10.6 Å². The van der Waals surface area contributed by atoms with Gasteiger partial charge in [0, 0.05) is 27.6 Å². The van der Waals surface area contributed by atoms with Gasteiger partial charge in [0.05, 0.1) is 0 Å². The molecule has 0 atom stereocenters. The van der Waals surface area contributed by atoms with Crippen LogP contribution >= 0.6 is 15.9 Å². The van der Waals surface area contributed by atoms with E-state index in [9.17, 15) is 4.79 Å². The molecule has 2 N–H and O–H groups in total. The Labute approximate surface area is 154 Å². The summed E-state index contributed by atoms with van der Waals surface area (Å²) in [4.78, 5) is 20.2. The molecule has 3 aromatic rings. The third-order valence-electron chi connectivity index (χ3n) is 3.61. The first-order valence-electron chi connectivity index (χ1n) is 7.75. The van der Waals surface area contributed by atoms with Gasteiger partial charge in [0.1, 0.15) is 5.82 Å². The minimum atomic E-state index is 0.0271. The molecule has 0 unspecified atom stereocenters. The van der Waals surface area contributed by atoms with Gasteiger partial charge in [-0.05, 0) is 55.8 Å². The van der Waals surface area contributed by atoms with E-state index in [0.29, 0.717) is 17.3 Å². The predicted molar refractivity (Wildman–Crippen MR) is 104 cm³/mol. The van der Waals surface area contributed by atoms with Crippen molar-refractivity contribution in [3.8, 4) is 0 Å². The second-order valence-electron chi connectivity index (χ2n) is 5.62. The van der Waals surface area contributed by atoms with E-state index in [2.05, 4.69) is 36.5 Å². The number of halogens is 1. The molecule has 0 fully saturated rings. The first-order chi connectivity index (χ1) is 12.0. The smallest absolute Gasteiger partial charge is 0.229 e. The highest BCUT2D eigenvalue weighted by molar-refractivity contribution is 9.10. The van der Waals surface area contributed by atoms with E-state index in [1.165, 1.54) is 0 Å². The first-order valence-corrected chi connectivity index (χ1v) is 8.55. The second-order valence-corrected chi connectivity index (χ2v) is 6.47. The molecule has 5 nitrogen and oxygen atoms in total. The summed E-state index contributed by atoms with van der Waals surface area (Å²) in [6.07, 6.45) is 1.68. The van der Waals surface area contributed by atoms with Gasteiger partial charge in [-0.25, -0.2) is 4.98 Å². The minimum absolute atomic E-state index is 0.0271. The molecule has 2 aromatic carbocycles. The highest BCUT2D eigenvalue weighted by atomic mass is 79.9. The molecule has 0 bridgehead atoms. The van der Waals surface area contributed by atoms with E-state index in [-0.39, 0.29) is 5.78 Å². The molecule has 0 aliphatic rings. The van der Waals surface area contributed by atoms with Gasteiger partial charge in [0.25, 0.3) is 0 Å². The first kappa shape index (κ1) is 17.1. The number of Topliss-reactive ketones (excluding diaryl/α,β-unsaturated/α-hetero) is 1. The van der Waals surface area contributed by atoms with Crippen molar-refractivity contribution in [3.63, 3.8) is 0 Å². The van der Waals surface area contributed by atoms with Crippen molar-refractivity contribution in [1.82, 2.24) is 9.97 Å². The fourth-order valence-electron chi connectivity index (χ4n) is 2.30. The van der Waals surface area contributed by atoms with Gasteiger partial charge in [-0.2, -0.15) is 4.98 Å². The topological polar surface area (TPSA) is 66.9 Å². The Kier molecular flexibility index (Phi) is 5.09. The molecule has 0 aliphatic carbocycles. The predicted octanol–water partition coefficient (Wildman–Crippen LogP) is 5.24. The number of nitrogens with one attached hydrogen (secondary N) is 2. The Morgan fingerprint density at radius 1 is 1.04 bits per heavy atom. The van der Waals surface area contributed by atoms with Crippen LogP contribution in [0.5, 0.6) is 0 Å². The average molecular weight is 397 g/mol. The Morgan fingerprint density at radius 3 is 2.60 bits per heavy atom. The molecule has 0 aliphatic heterocycles. The van der Waals surface area contributed by atoms with Crippen LogP contribution in [0.1, 0.15) is 22.8 Å². The van der Waals surface area contributed by atoms with E-state index in [0.717, 1.165) is 21.4 Å². The SMILES string of the molecule is CC(=O)c1cccc(Nc2ccnc(Nc3ccc(Br)c(C)c3)n2)c1. The lowest BCUT2D eigenvalue weighted by Gasteiger charge is -2.10. The third kappa shape index (κ3) is 4.42. The number of hydrogen-bond acceptors (Lipinski definition) is 5. The lowest BCUT2D eigenvalue weighted by atomic mass is 10.1. The Balaban J connectivity index is 1.78. The zero-order valence-electron chi connectivity index (χ0n) is 13.9. The molecule has 0 amide bonds. The number of nitrogens with zero attached hydrogens (tertiary/aromatic N) is 2. The van der Waals surface area contributed by atoms with E-state index >= 15 is 0 Å². The standard InChI is InChI=1S/C19H17BrN4O/c1-12-10-16(6-7-17(12)20)23-19-21-9-8-18(24-19)22-15-5-3-4-14(11-15)13(2)25/h3-11H,1-2H3,(H2,21,22,23,24). The van der Waals surface area contributed by atoms with Crippen molar-refractivity contribution >= 4 is 44.9 Å². The summed E-state index contributed by atoms with van der Waals surface area (Å²) >= 11 is 3.49. The summed E-state index contributed by atoms with van der Waals surface area (Å²) in [6.45, 7) is 3.57. The minimum Gasteiger partial charge on any atom is -0.340 e. The molecule has 0 saturated heterocycles. The molecular weight excluding hydrogens is 380 g/mol. The number of ketones is 1. The van der Waals surface area contributed by atoms with Crippen LogP contribution in [0.3, 0.4) is 0 Å². The lowest BCUT2D eigenvalue weighted by Crippen LogP contribution is -2.01. The van der Waals surface area contributed by atoms with Gasteiger partial charge in [0.15, 0.2) is 5.78 Å². The zero-order valence-corrected chi connectivity index (χ0v) is 15.5. The van der Waals surface area contributed by atoms with Crippen LogP contribution in [0.15, 0.2) is 59.2 Å². The summed E-state index contributed by atoms with van der Waals surface area (Å²) in [5, 5.41) is 6.39. The number of rotatable bonds is 5. The van der Waals surface area contributed by atoms with Crippen molar-refractivity contribution in [3.05, 3.63) is 70.3 Å². The maximum absolute atomic E-state index is 11.5. The van der Waals surface area contributed by atoms with Crippen molar-refractivity contribution < 1.29 is 4.79 Å². The van der Waals surface area contributed by atoms with Crippen molar-refractivity contribution in [2.24, 2.45) is 0 Å². The molecule has 0 radical (unpaired) electrons. The Bertz CT molecular complexity index is 927. The molecule has 0 spiro atoms. The van der Waals surface area contributed by atoms with Crippen LogP contribution in [0, 0.1) is 6.92 Å². The summed E-state index contributed by atoms with van der Waals surface area (Å²) in [5.74, 6) is 1.17. The zero-order chi connectivity index (χ0) is 17.8. The highest BCUT2D eigenvalue weighted by Gasteiger charge is 2.04. The molecule has 25 heavy (non-hydrogen) atoms. The van der Waals surface area contributed by atoms with Crippen LogP contribution in [0.2, 0.25) is 0 Å². The van der Waals surface area contributed by atoms with Crippen LogP contribution in [-0.2, 0) is 0 Å². The van der Waals surface area contributed by atoms with Gasteiger partial charge in [-0.15, -0.1) is 0 Å². The van der Waals surface area contributed by atoms with Gasteiger partial charge < -0.3 is 10.6 Å². The van der Waals surface area contributed by atoms with Gasteiger partial charge >= 0.3 is 0 Å². The fraction of sp³-hybridized carbons (Fsp3) is 0.105. The molecule has 1 heterocycles.